The first-order valence-electron chi connectivity index (χ1n) is 5.89. The van der Waals surface area contributed by atoms with E-state index in [-0.39, 0.29) is 18.6 Å². The molecule has 0 aliphatic carbocycles. The van der Waals surface area contributed by atoms with Crippen molar-refractivity contribution in [1.29, 1.82) is 0 Å². The highest BCUT2D eigenvalue weighted by Crippen LogP contribution is 2.25. The zero-order valence-electron chi connectivity index (χ0n) is 10.1. The fourth-order valence-corrected chi connectivity index (χ4v) is 2.20. The van der Waals surface area contributed by atoms with Gasteiger partial charge in [-0.15, -0.1) is 0 Å². The second-order valence-corrected chi connectivity index (χ2v) is 4.30. The lowest BCUT2D eigenvalue weighted by Gasteiger charge is -2.36. The summed E-state index contributed by atoms with van der Waals surface area (Å²) in [4.78, 5) is 13.8. The number of carbonyl (C=O) groups is 1. The van der Waals surface area contributed by atoms with Crippen LogP contribution >= 0.6 is 0 Å². The van der Waals surface area contributed by atoms with Crippen LogP contribution in [0.4, 0.5) is 5.69 Å². The summed E-state index contributed by atoms with van der Waals surface area (Å²) >= 11 is 0. The van der Waals surface area contributed by atoms with Crippen molar-refractivity contribution < 1.29 is 9.53 Å². The molecule has 1 unspecified atom stereocenters. The highest BCUT2D eigenvalue weighted by atomic mass is 16.5. The summed E-state index contributed by atoms with van der Waals surface area (Å²) in [5.41, 5.74) is 7.66. The van der Waals surface area contributed by atoms with Crippen molar-refractivity contribution in [3.63, 3.8) is 0 Å². The van der Waals surface area contributed by atoms with Crippen LogP contribution in [0.1, 0.15) is 12.0 Å². The molecule has 17 heavy (non-hydrogen) atoms. The summed E-state index contributed by atoms with van der Waals surface area (Å²) < 4.78 is 5.29. The Labute approximate surface area is 101 Å². The molecule has 4 heteroatoms. The number of nitrogens with two attached hydrogens (primary N) is 1. The minimum Gasteiger partial charge on any atom is -0.369 e. The third kappa shape index (κ3) is 2.48. The summed E-state index contributed by atoms with van der Waals surface area (Å²) in [5, 5.41) is 0. The zero-order valence-corrected chi connectivity index (χ0v) is 10.1. The fourth-order valence-electron chi connectivity index (χ4n) is 2.20. The molecule has 0 saturated carbocycles. The molecule has 1 aliphatic rings. The van der Waals surface area contributed by atoms with Gasteiger partial charge in [0.05, 0.1) is 12.6 Å². The normalized spacial score (nSPS) is 20.7. The number of hydrogen-bond donors (Lipinski definition) is 1. The van der Waals surface area contributed by atoms with Crippen molar-refractivity contribution >= 4 is 11.6 Å². The average molecular weight is 234 g/mol. The van der Waals surface area contributed by atoms with E-state index in [2.05, 4.69) is 0 Å². The third-order valence-corrected chi connectivity index (χ3v) is 3.04. The molecule has 2 rings (SSSR count). The van der Waals surface area contributed by atoms with Crippen LogP contribution in [-0.4, -0.2) is 31.7 Å². The van der Waals surface area contributed by atoms with Crippen molar-refractivity contribution in [2.24, 2.45) is 5.73 Å². The predicted octanol–water partition coefficient (Wildman–Crippen LogP) is 1.08. The van der Waals surface area contributed by atoms with Crippen LogP contribution in [0.25, 0.3) is 0 Å². The van der Waals surface area contributed by atoms with E-state index in [9.17, 15) is 4.79 Å². The van der Waals surface area contributed by atoms with Crippen LogP contribution in [0.2, 0.25) is 0 Å². The van der Waals surface area contributed by atoms with Gasteiger partial charge in [0, 0.05) is 5.69 Å². The number of rotatable bonds is 3. The van der Waals surface area contributed by atoms with Gasteiger partial charge in [-0.3, -0.25) is 4.79 Å². The molecule has 1 amide bonds. The molecule has 0 radical (unpaired) electrons. The maximum atomic E-state index is 12.0. The van der Waals surface area contributed by atoms with Crippen LogP contribution in [-0.2, 0) is 9.53 Å². The molecule has 0 aromatic heterocycles. The quantitative estimate of drug-likeness (QED) is 0.851. The Morgan fingerprint density at radius 2 is 2.24 bits per heavy atom. The van der Waals surface area contributed by atoms with Crippen LogP contribution < -0.4 is 10.6 Å². The minimum absolute atomic E-state index is 0.0176. The number of benzene rings is 1. The van der Waals surface area contributed by atoms with Gasteiger partial charge in [0.25, 0.3) is 5.91 Å². The van der Waals surface area contributed by atoms with Crippen LogP contribution in [0.3, 0.4) is 0 Å². The van der Waals surface area contributed by atoms with Crippen molar-refractivity contribution in [1.82, 2.24) is 0 Å². The number of amides is 1. The van der Waals surface area contributed by atoms with Gasteiger partial charge >= 0.3 is 0 Å². The summed E-state index contributed by atoms with van der Waals surface area (Å²) in [7, 11) is 0. The lowest BCUT2D eigenvalue weighted by molar-refractivity contribution is -0.127. The molecule has 4 nitrogen and oxygen atoms in total. The zero-order chi connectivity index (χ0) is 12.3. The molecule has 1 heterocycles. The lowest BCUT2D eigenvalue weighted by Crippen LogP contribution is -2.50. The maximum absolute atomic E-state index is 12.0. The van der Waals surface area contributed by atoms with E-state index in [1.165, 1.54) is 0 Å². The van der Waals surface area contributed by atoms with E-state index in [1.54, 1.807) is 0 Å². The lowest BCUT2D eigenvalue weighted by atomic mass is 10.1. The number of ether oxygens (including phenoxy) is 1. The summed E-state index contributed by atoms with van der Waals surface area (Å²) in [6, 6.07) is 7.97. The Hall–Kier alpha value is -1.39. The third-order valence-electron chi connectivity index (χ3n) is 3.04. The van der Waals surface area contributed by atoms with Crippen molar-refractivity contribution in [2.75, 3.05) is 24.7 Å². The van der Waals surface area contributed by atoms with Crippen LogP contribution in [0, 0.1) is 6.92 Å². The second kappa shape index (κ2) is 5.29. The van der Waals surface area contributed by atoms with E-state index in [0.29, 0.717) is 13.2 Å². The molecule has 1 atom stereocenters. The summed E-state index contributed by atoms with van der Waals surface area (Å²) in [6.45, 7) is 3.30. The van der Waals surface area contributed by atoms with Gasteiger partial charge in [-0.1, -0.05) is 18.2 Å². The molecule has 0 bridgehead atoms. The van der Waals surface area contributed by atoms with Gasteiger partial charge in [-0.05, 0) is 31.5 Å². The molecular weight excluding hydrogens is 216 g/mol. The second-order valence-electron chi connectivity index (χ2n) is 4.30. The number of aryl methyl sites for hydroxylation is 1. The number of carbonyl (C=O) groups excluding carboxylic acids is 1. The SMILES string of the molecule is Cc1ccccc1N1C(=O)COCC1CCN. The first-order chi connectivity index (χ1) is 8.24. The summed E-state index contributed by atoms with van der Waals surface area (Å²) in [5.74, 6) is 0.0176. The summed E-state index contributed by atoms with van der Waals surface area (Å²) in [6.07, 6.45) is 0.764. The van der Waals surface area contributed by atoms with Gasteiger partial charge in [0.1, 0.15) is 6.61 Å². The maximum Gasteiger partial charge on any atom is 0.253 e. The van der Waals surface area contributed by atoms with Gasteiger partial charge in [0.15, 0.2) is 0 Å². The van der Waals surface area contributed by atoms with Crippen LogP contribution in [0.15, 0.2) is 24.3 Å². The fraction of sp³-hybridized carbons (Fsp3) is 0.462. The van der Waals surface area contributed by atoms with Crippen molar-refractivity contribution in [2.45, 2.75) is 19.4 Å². The van der Waals surface area contributed by atoms with E-state index >= 15 is 0 Å². The van der Waals surface area contributed by atoms with Crippen LogP contribution in [0.5, 0.6) is 0 Å². The standard InChI is InChI=1S/C13H18N2O2/c1-10-4-2-3-5-12(10)15-11(6-7-14)8-17-9-13(15)16/h2-5,11H,6-9,14H2,1H3. The molecule has 1 aromatic rings. The Balaban J connectivity index is 2.31. The monoisotopic (exact) mass is 234 g/mol. The Morgan fingerprint density at radius 1 is 1.47 bits per heavy atom. The Kier molecular flexibility index (Phi) is 3.76. The molecule has 1 saturated heterocycles. The average Bonchev–Trinajstić information content (AvgIpc) is 2.31. The number of morpholine rings is 1. The molecule has 1 aromatic carbocycles. The highest BCUT2D eigenvalue weighted by molar-refractivity contribution is 5.96. The first kappa shape index (κ1) is 12.1. The van der Waals surface area contributed by atoms with Crippen molar-refractivity contribution in [3.8, 4) is 0 Å². The molecule has 0 spiro atoms. The predicted molar refractivity (Wildman–Crippen MR) is 66.9 cm³/mol. The van der Waals surface area contributed by atoms with E-state index in [0.717, 1.165) is 17.7 Å². The largest absolute Gasteiger partial charge is 0.369 e. The van der Waals surface area contributed by atoms with Gasteiger partial charge < -0.3 is 15.4 Å². The molecular formula is C13H18N2O2. The molecule has 92 valence electrons. The first-order valence-corrected chi connectivity index (χ1v) is 5.89. The number of anilines is 1. The molecule has 1 aliphatic heterocycles. The molecule has 2 N–H and O–H groups in total. The van der Waals surface area contributed by atoms with Gasteiger partial charge in [-0.2, -0.15) is 0 Å². The highest BCUT2D eigenvalue weighted by Gasteiger charge is 2.30. The van der Waals surface area contributed by atoms with E-state index in [1.807, 2.05) is 36.1 Å². The van der Waals surface area contributed by atoms with E-state index < -0.39 is 0 Å². The van der Waals surface area contributed by atoms with Crippen molar-refractivity contribution in [3.05, 3.63) is 29.8 Å². The topological polar surface area (TPSA) is 55.6 Å². The van der Waals surface area contributed by atoms with Gasteiger partial charge in [0.2, 0.25) is 0 Å². The number of nitrogens with zero attached hydrogens (tertiary/aromatic N) is 1. The smallest absolute Gasteiger partial charge is 0.253 e. The van der Waals surface area contributed by atoms with E-state index in [4.69, 9.17) is 10.5 Å². The minimum atomic E-state index is 0.0176. The number of hydrogen-bond acceptors (Lipinski definition) is 3. The number of para-hydroxylation sites is 1. The molecule has 1 fully saturated rings. The van der Waals surface area contributed by atoms with Gasteiger partial charge in [-0.25, -0.2) is 0 Å². The Morgan fingerprint density at radius 3 is 2.94 bits per heavy atom. The Bertz CT molecular complexity index is 404.